The summed E-state index contributed by atoms with van der Waals surface area (Å²) in [7, 11) is 0. The monoisotopic (exact) mass is 462 g/mol. The van der Waals surface area contributed by atoms with Crippen molar-refractivity contribution in [2.75, 3.05) is 6.54 Å². The molecule has 9 heteroatoms. The second-order valence-corrected chi connectivity index (χ2v) is 7.85. The fraction of sp³-hybridized carbons (Fsp3) is 0.273. The third kappa shape index (κ3) is 5.42. The van der Waals surface area contributed by atoms with Gasteiger partial charge in [0.05, 0.1) is 22.5 Å². The first kappa shape index (κ1) is 22.8. The second kappa shape index (κ2) is 9.94. The highest BCUT2D eigenvalue weighted by Crippen LogP contribution is 2.23. The summed E-state index contributed by atoms with van der Waals surface area (Å²) in [5.41, 5.74) is 3.12. The van der Waals surface area contributed by atoms with Crippen molar-refractivity contribution in [3.8, 4) is 0 Å². The Morgan fingerprint density at radius 3 is 2.45 bits per heavy atom. The molecule has 0 spiro atoms. The number of amides is 2. The van der Waals surface area contributed by atoms with Crippen molar-refractivity contribution < 1.29 is 23.9 Å². The van der Waals surface area contributed by atoms with Crippen molar-refractivity contribution >= 4 is 46.8 Å². The van der Waals surface area contributed by atoms with Gasteiger partial charge in [0.15, 0.2) is 6.10 Å². The van der Waals surface area contributed by atoms with Crippen LogP contribution in [0, 0.1) is 5.92 Å². The number of Topliss-reactive ketones (excluding diaryl/α,β-unsaturated/α-hetero) is 1. The van der Waals surface area contributed by atoms with Gasteiger partial charge in [-0.1, -0.05) is 60.5 Å². The molecule has 0 aliphatic carbocycles. The van der Waals surface area contributed by atoms with Crippen LogP contribution in [-0.4, -0.2) is 41.2 Å². The molecule has 31 heavy (non-hydrogen) atoms. The van der Waals surface area contributed by atoms with Crippen molar-refractivity contribution in [2.45, 2.75) is 25.9 Å². The van der Waals surface area contributed by atoms with Crippen molar-refractivity contribution in [1.82, 2.24) is 10.4 Å². The number of carbonyl (C=O) groups is 4. The number of benzene rings is 2. The molecule has 2 amide bonds. The van der Waals surface area contributed by atoms with E-state index in [1.807, 2.05) is 0 Å². The largest absolute Gasteiger partial charge is 0.454 e. The fourth-order valence-corrected chi connectivity index (χ4v) is 3.44. The zero-order valence-electron chi connectivity index (χ0n) is 16.6. The molecule has 1 aliphatic heterocycles. The Morgan fingerprint density at radius 2 is 1.81 bits per heavy atom. The molecule has 0 bridgehead atoms. The Hall–Kier alpha value is -2.90. The molecule has 1 fully saturated rings. The standard InChI is InChI=1S/C22H20Cl2N2O5/c1-2-18(20(28)13-6-4-3-5-7-13)31-22(30)15-11-19(27)26(12-15)25-21(29)14-8-9-16(23)17(24)10-14/h3-10,15,18H,2,11-12H2,1H3,(H,25,29)/t15-,18-/m1/s1. The molecule has 1 saturated heterocycles. The maximum Gasteiger partial charge on any atom is 0.312 e. The number of hydrazine groups is 1. The summed E-state index contributed by atoms with van der Waals surface area (Å²) >= 11 is 11.8. The lowest BCUT2D eigenvalue weighted by molar-refractivity contribution is -0.151. The number of hydrogen-bond donors (Lipinski definition) is 1. The van der Waals surface area contributed by atoms with Crippen LogP contribution in [0.4, 0.5) is 0 Å². The van der Waals surface area contributed by atoms with Crippen LogP contribution in [0.3, 0.4) is 0 Å². The number of ketones is 1. The van der Waals surface area contributed by atoms with E-state index in [1.165, 1.54) is 18.2 Å². The molecule has 2 aromatic carbocycles. The summed E-state index contributed by atoms with van der Waals surface area (Å²) in [5, 5.41) is 1.57. The molecule has 0 radical (unpaired) electrons. The lowest BCUT2D eigenvalue weighted by atomic mass is 10.0. The first-order valence-electron chi connectivity index (χ1n) is 9.66. The average molecular weight is 463 g/mol. The highest BCUT2D eigenvalue weighted by molar-refractivity contribution is 6.42. The van der Waals surface area contributed by atoms with Gasteiger partial charge in [-0.15, -0.1) is 0 Å². The van der Waals surface area contributed by atoms with Crippen LogP contribution in [0.5, 0.6) is 0 Å². The van der Waals surface area contributed by atoms with Crippen LogP contribution in [0.1, 0.15) is 40.5 Å². The predicted octanol–water partition coefficient (Wildman–Crippen LogP) is 3.69. The molecule has 7 nitrogen and oxygen atoms in total. The first-order valence-corrected chi connectivity index (χ1v) is 10.4. The van der Waals surface area contributed by atoms with E-state index < -0.39 is 29.8 Å². The first-order chi connectivity index (χ1) is 14.8. The number of ether oxygens (including phenoxy) is 1. The number of nitrogens with zero attached hydrogens (tertiary/aromatic N) is 1. The quantitative estimate of drug-likeness (QED) is 0.500. The number of esters is 1. The second-order valence-electron chi connectivity index (χ2n) is 7.04. The maximum atomic E-state index is 12.6. The van der Waals surface area contributed by atoms with Gasteiger partial charge in [-0.05, 0) is 24.6 Å². The summed E-state index contributed by atoms with van der Waals surface area (Å²) < 4.78 is 5.40. The smallest absolute Gasteiger partial charge is 0.312 e. The van der Waals surface area contributed by atoms with Crippen molar-refractivity contribution in [1.29, 1.82) is 0 Å². The molecule has 0 aromatic heterocycles. The van der Waals surface area contributed by atoms with E-state index in [-0.39, 0.29) is 29.3 Å². The van der Waals surface area contributed by atoms with E-state index in [4.69, 9.17) is 27.9 Å². The predicted molar refractivity (Wildman–Crippen MR) is 115 cm³/mol. The van der Waals surface area contributed by atoms with Gasteiger partial charge in [-0.3, -0.25) is 29.6 Å². The lowest BCUT2D eigenvalue weighted by Crippen LogP contribution is -2.43. The van der Waals surface area contributed by atoms with E-state index in [0.717, 1.165) is 5.01 Å². The lowest BCUT2D eigenvalue weighted by Gasteiger charge is -2.19. The third-order valence-electron chi connectivity index (χ3n) is 4.86. The molecule has 1 N–H and O–H groups in total. The summed E-state index contributed by atoms with van der Waals surface area (Å²) in [5.74, 6) is -2.75. The molecule has 3 rings (SSSR count). The molecule has 1 aliphatic rings. The van der Waals surface area contributed by atoms with E-state index >= 15 is 0 Å². The van der Waals surface area contributed by atoms with Crippen molar-refractivity contribution in [2.24, 2.45) is 5.92 Å². The Balaban J connectivity index is 1.60. The molecule has 0 unspecified atom stereocenters. The summed E-state index contributed by atoms with van der Waals surface area (Å²) in [6.07, 6.45) is -0.765. The number of nitrogens with one attached hydrogen (secondary N) is 1. The van der Waals surface area contributed by atoms with Crippen LogP contribution in [-0.2, 0) is 14.3 Å². The van der Waals surface area contributed by atoms with Gasteiger partial charge < -0.3 is 4.74 Å². The summed E-state index contributed by atoms with van der Waals surface area (Å²) in [6.45, 7) is 1.68. The molecular formula is C22H20Cl2N2O5. The highest BCUT2D eigenvalue weighted by atomic mass is 35.5. The Morgan fingerprint density at radius 1 is 1.10 bits per heavy atom. The van der Waals surface area contributed by atoms with Gasteiger partial charge in [-0.25, -0.2) is 0 Å². The van der Waals surface area contributed by atoms with Crippen LogP contribution < -0.4 is 5.43 Å². The topological polar surface area (TPSA) is 92.8 Å². The number of rotatable bonds is 7. The molecular weight excluding hydrogens is 443 g/mol. The van der Waals surface area contributed by atoms with E-state index in [9.17, 15) is 19.2 Å². The Labute approximate surface area is 189 Å². The number of halogens is 2. The third-order valence-corrected chi connectivity index (χ3v) is 5.60. The Bertz CT molecular complexity index is 1010. The maximum absolute atomic E-state index is 12.6. The summed E-state index contributed by atoms with van der Waals surface area (Å²) in [6, 6.07) is 12.9. The van der Waals surface area contributed by atoms with E-state index in [1.54, 1.807) is 37.3 Å². The van der Waals surface area contributed by atoms with Gasteiger partial charge in [0, 0.05) is 17.5 Å². The minimum atomic E-state index is -0.940. The number of carbonyl (C=O) groups excluding carboxylic acids is 4. The van der Waals surface area contributed by atoms with Crippen molar-refractivity contribution in [3.63, 3.8) is 0 Å². The van der Waals surface area contributed by atoms with E-state index in [2.05, 4.69) is 5.43 Å². The Kier molecular flexibility index (Phi) is 7.30. The minimum Gasteiger partial charge on any atom is -0.454 e. The normalized spacial score (nSPS) is 16.7. The van der Waals surface area contributed by atoms with Gasteiger partial charge in [0.2, 0.25) is 11.7 Å². The van der Waals surface area contributed by atoms with Crippen molar-refractivity contribution in [3.05, 3.63) is 69.7 Å². The van der Waals surface area contributed by atoms with Crippen LogP contribution in [0.2, 0.25) is 10.0 Å². The van der Waals surface area contributed by atoms with Crippen LogP contribution >= 0.6 is 23.2 Å². The fourth-order valence-electron chi connectivity index (χ4n) is 3.15. The van der Waals surface area contributed by atoms with Gasteiger partial charge in [-0.2, -0.15) is 0 Å². The van der Waals surface area contributed by atoms with Crippen LogP contribution in [0.15, 0.2) is 48.5 Å². The molecule has 2 aromatic rings. The molecule has 2 atom stereocenters. The average Bonchev–Trinajstić information content (AvgIpc) is 3.14. The molecule has 1 heterocycles. The minimum absolute atomic E-state index is 0.0549. The summed E-state index contributed by atoms with van der Waals surface area (Å²) in [4.78, 5) is 49.8. The zero-order valence-corrected chi connectivity index (χ0v) is 18.2. The van der Waals surface area contributed by atoms with Gasteiger partial charge in [0.25, 0.3) is 5.91 Å². The molecule has 162 valence electrons. The van der Waals surface area contributed by atoms with Gasteiger partial charge >= 0.3 is 5.97 Å². The number of hydrogen-bond acceptors (Lipinski definition) is 5. The van der Waals surface area contributed by atoms with Crippen LogP contribution in [0.25, 0.3) is 0 Å². The highest BCUT2D eigenvalue weighted by Gasteiger charge is 2.38. The van der Waals surface area contributed by atoms with Gasteiger partial charge in [0.1, 0.15) is 0 Å². The zero-order chi connectivity index (χ0) is 22.5. The SMILES string of the molecule is CC[C@@H](OC(=O)[C@@H]1CC(=O)N(NC(=O)c2ccc(Cl)c(Cl)c2)C1)C(=O)c1ccccc1. The molecule has 0 saturated carbocycles. The van der Waals surface area contributed by atoms with E-state index in [0.29, 0.717) is 17.0 Å².